The molecule has 0 aromatic heterocycles. The minimum absolute atomic E-state index is 0.107. The molecule has 2 aromatic rings. The minimum atomic E-state index is -0.297. The van der Waals surface area contributed by atoms with E-state index in [9.17, 15) is 9.59 Å². The zero-order chi connectivity index (χ0) is 23.8. The quantitative estimate of drug-likeness (QED) is 0.617. The maximum Gasteiger partial charge on any atom is 0.410 e. The molecule has 1 atom stereocenters. The summed E-state index contributed by atoms with van der Waals surface area (Å²) in [5.74, 6) is 0.561. The first-order chi connectivity index (χ1) is 16.4. The number of piperidine rings is 2. The van der Waals surface area contributed by atoms with Gasteiger partial charge in [0.05, 0.1) is 11.5 Å². The number of nitrogens with zero attached hydrogens (tertiary/aromatic N) is 2. The number of ether oxygens (including phenoxy) is 1. The van der Waals surface area contributed by atoms with Gasteiger partial charge >= 0.3 is 6.09 Å². The molecule has 0 radical (unpaired) electrons. The van der Waals surface area contributed by atoms with Gasteiger partial charge in [-0.2, -0.15) is 0 Å². The van der Waals surface area contributed by atoms with Crippen LogP contribution in [0.4, 0.5) is 4.79 Å². The smallest absolute Gasteiger partial charge is 0.410 e. The van der Waals surface area contributed by atoms with Crippen LogP contribution < -0.4 is 0 Å². The van der Waals surface area contributed by atoms with Gasteiger partial charge in [-0.25, -0.2) is 4.79 Å². The number of amides is 2. The van der Waals surface area contributed by atoms with Gasteiger partial charge in [-0.05, 0) is 62.5 Å². The molecule has 2 heterocycles. The topological polar surface area (TPSA) is 49.9 Å². The normalized spacial score (nSPS) is 23.1. The lowest BCUT2D eigenvalue weighted by molar-refractivity contribution is -0.137. The molecule has 5 heteroatoms. The van der Waals surface area contributed by atoms with Gasteiger partial charge in [-0.15, -0.1) is 0 Å². The van der Waals surface area contributed by atoms with E-state index in [4.69, 9.17) is 4.74 Å². The Kier molecular flexibility index (Phi) is 6.13. The lowest BCUT2D eigenvalue weighted by atomic mass is 9.62. The van der Waals surface area contributed by atoms with E-state index in [0.29, 0.717) is 12.5 Å². The van der Waals surface area contributed by atoms with Gasteiger partial charge in [0.25, 0.3) is 0 Å². The number of likely N-dealkylation sites (tertiary alicyclic amines) is 2. The summed E-state index contributed by atoms with van der Waals surface area (Å²) in [7, 11) is 0. The molecule has 1 spiro atoms. The van der Waals surface area contributed by atoms with Crippen LogP contribution >= 0.6 is 0 Å². The average molecular weight is 461 g/mol. The van der Waals surface area contributed by atoms with Crippen molar-refractivity contribution >= 4 is 12.0 Å². The van der Waals surface area contributed by atoms with E-state index < -0.39 is 0 Å². The number of hydrogen-bond donors (Lipinski definition) is 0. The van der Waals surface area contributed by atoms with Gasteiger partial charge in [0.2, 0.25) is 5.91 Å². The number of rotatable bonds is 4. The van der Waals surface area contributed by atoms with Crippen LogP contribution in [0, 0.1) is 5.41 Å². The second kappa shape index (κ2) is 9.09. The Labute approximate surface area is 203 Å². The Morgan fingerprint density at radius 2 is 1.38 bits per heavy atom. The van der Waals surface area contributed by atoms with Gasteiger partial charge < -0.3 is 14.5 Å². The fourth-order valence-electron chi connectivity index (χ4n) is 6.19. The summed E-state index contributed by atoms with van der Waals surface area (Å²) in [6.45, 7) is 6.79. The van der Waals surface area contributed by atoms with Crippen LogP contribution in [0.3, 0.4) is 0 Å². The van der Waals surface area contributed by atoms with E-state index in [1.807, 2.05) is 43.0 Å². The standard InChI is InChI=1S/C29H36N2O3/c1-22(2)34-27(33)31-20-17-28(25(21-31)23-9-5-3-6-10-23)15-18-30(19-16-28)26(32)29(13-14-29)24-11-7-4-8-12-24/h3-12,22,25H,13-21H2,1-2H3. The molecule has 1 unspecified atom stereocenters. The summed E-state index contributed by atoms with van der Waals surface area (Å²) in [6, 6.07) is 20.9. The zero-order valence-electron chi connectivity index (χ0n) is 20.4. The lowest BCUT2D eigenvalue weighted by Gasteiger charge is -2.52. The Hall–Kier alpha value is -2.82. The van der Waals surface area contributed by atoms with Crippen molar-refractivity contribution in [3.05, 3.63) is 71.8 Å². The first kappa shape index (κ1) is 22.9. The predicted octanol–water partition coefficient (Wildman–Crippen LogP) is 5.36. The summed E-state index contributed by atoms with van der Waals surface area (Å²) >= 11 is 0. The van der Waals surface area contributed by atoms with E-state index in [0.717, 1.165) is 51.7 Å². The van der Waals surface area contributed by atoms with Crippen LogP contribution in [0.1, 0.15) is 63.0 Å². The molecule has 5 nitrogen and oxygen atoms in total. The van der Waals surface area contributed by atoms with E-state index >= 15 is 0 Å². The highest BCUT2D eigenvalue weighted by Crippen LogP contribution is 2.53. The molecular formula is C29H36N2O3. The van der Waals surface area contributed by atoms with Crippen molar-refractivity contribution in [1.82, 2.24) is 9.80 Å². The van der Waals surface area contributed by atoms with Crippen molar-refractivity contribution in [3.63, 3.8) is 0 Å². The Morgan fingerprint density at radius 1 is 0.824 bits per heavy atom. The Balaban J connectivity index is 1.32. The molecule has 3 aliphatic rings. The highest BCUT2D eigenvalue weighted by Gasteiger charge is 2.54. The van der Waals surface area contributed by atoms with Crippen LogP contribution in [0.5, 0.6) is 0 Å². The van der Waals surface area contributed by atoms with Crippen LogP contribution in [-0.4, -0.2) is 54.1 Å². The number of hydrogen-bond acceptors (Lipinski definition) is 3. The van der Waals surface area contributed by atoms with Crippen molar-refractivity contribution in [2.45, 2.75) is 63.4 Å². The molecule has 180 valence electrons. The molecule has 2 saturated heterocycles. The molecule has 2 amide bonds. The van der Waals surface area contributed by atoms with Crippen molar-refractivity contribution in [2.75, 3.05) is 26.2 Å². The molecule has 1 saturated carbocycles. The van der Waals surface area contributed by atoms with Crippen LogP contribution in [0.25, 0.3) is 0 Å². The van der Waals surface area contributed by atoms with Crippen LogP contribution in [0.15, 0.2) is 60.7 Å². The number of benzene rings is 2. The summed E-state index contributed by atoms with van der Waals surface area (Å²) < 4.78 is 5.52. The third-order valence-corrected chi connectivity index (χ3v) is 8.35. The van der Waals surface area contributed by atoms with E-state index in [1.54, 1.807) is 0 Å². The summed E-state index contributed by atoms with van der Waals surface area (Å²) in [5.41, 5.74) is 2.26. The molecule has 2 aromatic carbocycles. The molecule has 0 N–H and O–H groups in total. The molecule has 1 aliphatic carbocycles. The monoisotopic (exact) mass is 460 g/mol. The largest absolute Gasteiger partial charge is 0.447 e. The van der Waals surface area contributed by atoms with Crippen molar-refractivity contribution < 1.29 is 14.3 Å². The van der Waals surface area contributed by atoms with Gasteiger partial charge in [0.1, 0.15) is 0 Å². The first-order valence-corrected chi connectivity index (χ1v) is 12.8. The van der Waals surface area contributed by atoms with Crippen molar-refractivity contribution in [2.24, 2.45) is 5.41 Å². The molecule has 34 heavy (non-hydrogen) atoms. The molecule has 2 aliphatic heterocycles. The average Bonchev–Trinajstić information content (AvgIpc) is 3.67. The second-order valence-corrected chi connectivity index (χ2v) is 10.7. The Bertz CT molecular complexity index is 1010. The summed E-state index contributed by atoms with van der Waals surface area (Å²) in [6.07, 6.45) is 4.50. The fraction of sp³-hybridized carbons (Fsp3) is 0.517. The van der Waals surface area contributed by atoms with Gasteiger partial charge in [-0.1, -0.05) is 60.7 Å². The van der Waals surface area contributed by atoms with E-state index in [1.165, 1.54) is 11.1 Å². The lowest BCUT2D eigenvalue weighted by Crippen LogP contribution is -2.54. The van der Waals surface area contributed by atoms with Gasteiger partial charge in [0.15, 0.2) is 0 Å². The molecule has 3 fully saturated rings. The van der Waals surface area contributed by atoms with E-state index in [2.05, 4.69) is 41.3 Å². The zero-order valence-corrected chi connectivity index (χ0v) is 20.4. The summed E-state index contributed by atoms with van der Waals surface area (Å²) in [4.78, 5) is 30.3. The minimum Gasteiger partial charge on any atom is -0.447 e. The van der Waals surface area contributed by atoms with Gasteiger partial charge in [-0.3, -0.25) is 4.79 Å². The maximum absolute atomic E-state index is 13.6. The predicted molar refractivity (Wildman–Crippen MR) is 133 cm³/mol. The molecular weight excluding hydrogens is 424 g/mol. The Morgan fingerprint density at radius 3 is 1.94 bits per heavy atom. The van der Waals surface area contributed by atoms with Crippen molar-refractivity contribution in [1.29, 1.82) is 0 Å². The molecule has 0 bridgehead atoms. The van der Waals surface area contributed by atoms with Crippen molar-refractivity contribution in [3.8, 4) is 0 Å². The second-order valence-electron chi connectivity index (χ2n) is 10.7. The van der Waals surface area contributed by atoms with Crippen LogP contribution in [-0.2, 0) is 14.9 Å². The van der Waals surface area contributed by atoms with E-state index in [-0.39, 0.29) is 28.9 Å². The SMILES string of the molecule is CC(C)OC(=O)N1CCC2(CCN(C(=O)C3(c4ccccc4)CC3)CC2)C(c2ccccc2)C1. The molecule has 5 rings (SSSR count). The van der Waals surface area contributed by atoms with Gasteiger partial charge in [0, 0.05) is 32.1 Å². The number of carbonyl (C=O) groups is 2. The maximum atomic E-state index is 13.6. The third kappa shape index (κ3) is 4.21. The summed E-state index contributed by atoms with van der Waals surface area (Å²) in [5, 5.41) is 0. The fourth-order valence-corrected chi connectivity index (χ4v) is 6.19. The number of carbonyl (C=O) groups excluding carboxylic acids is 2. The third-order valence-electron chi connectivity index (χ3n) is 8.35. The first-order valence-electron chi connectivity index (χ1n) is 12.8. The highest BCUT2D eigenvalue weighted by atomic mass is 16.6. The van der Waals surface area contributed by atoms with Crippen LogP contribution in [0.2, 0.25) is 0 Å². The highest BCUT2D eigenvalue weighted by molar-refractivity contribution is 5.91.